The molecule has 1 heterocycles. The first-order valence-electron chi connectivity index (χ1n) is 8.71. The second-order valence-electron chi connectivity index (χ2n) is 6.62. The third kappa shape index (κ3) is 5.23. The fraction of sp³-hybridized carbons (Fsp3) is 0.350. The Kier molecular flexibility index (Phi) is 5.70. The molecule has 27 heavy (non-hydrogen) atoms. The summed E-state index contributed by atoms with van der Waals surface area (Å²) in [5.41, 5.74) is 0.991. The van der Waals surface area contributed by atoms with Gasteiger partial charge in [-0.15, -0.1) is 18.9 Å². The zero-order valence-corrected chi connectivity index (χ0v) is 14.9. The van der Waals surface area contributed by atoms with Crippen LogP contribution in [-0.4, -0.2) is 37.2 Å². The zero-order chi connectivity index (χ0) is 19.4. The standard InChI is InChI=1S/C20H20F3N2O2/c1-25-11-9-14(10-12-25)19(26)15-5-4-6-16(13-15)24-17-7-2-3-8-18(17)27-20(21,22)23/h2-8,13-14H,9-12H2,1H3/q-1. The van der Waals surface area contributed by atoms with E-state index < -0.39 is 6.36 Å². The molecule has 1 aliphatic heterocycles. The van der Waals surface area contributed by atoms with Crippen LogP contribution in [0, 0.1) is 5.92 Å². The molecular formula is C20H20F3N2O2-. The number of ketones is 1. The van der Waals surface area contributed by atoms with Gasteiger partial charge in [-0.1, -0.05) is 48.2 Å². The maximum absolute atomic E-state index is 12.7. The average molecular weight is 377 g/mol. The quantitative estimate of drug-likeness (QED) is 0.651. The lowest BCUT2D eigenvalue weighted by molar-refractivity contribution is -0.274. The largest absolute Gasteiger partial charge is 0.655 e. The Hall–Kier alpha value is -2.54. The molecule has 144 valence electrons. The number of hydrogen-bond acceptors (Lipinski definition) is 3. The first-order valence-corrected chi connectivity index (χ1v) is 8.71. The van der Waals surface area contributed by atoms with Crippen LogP contribution >= 0.6 is 0 Å². The Labute approximate surface area is 155 Å². The van der Waals surface area contributed by atoms with Crippen LogP contribution in [0.15, 0.2) is 48.5 Å². The number of halogens is 3. The summed E-state index contributed by atoms with van der Waals surface area (Å²) in [6.45, 7) is 1.76. The molecule has 1 fully saturated rings. The molecule has 7 heteroatoms. The maximum atomic E-state index is 12.7. The molecule has 0 atom stereocenters. The summed E-state index contributed by atoms with van der Waals surface area (Å²) in [6, 6.07) is 12.3. The third-order valence-electron chi connectivity index (χ3n) is 4.56. The molecule has 2 aromatic carbocycles. The van der Waals surface area contributed by atoms with Crippen molar-refractivity contribution >= 4 is 17.2 Å². The minimum atomic E-state index is -4.79. The number of likely N-dealkylation sites (tertiary alicyclic amines) is 1. The van der Waals surface area contributed by atoms with Gasteiger partial charge in [-0.3, -0.25) is 4.79 Å². The molecule has 0 N–H and O–H groups in total. The van der Waals surface area contributed by atoms with Gasteiger partial charge in [0.25, 0.3) is 0 Å². The number of piperidine rings is 1. The van der Waals surface area contributed by atoms with Gasteiger partial charge < -0.3 is 15.0 Å². The van der Waals surface area contributed by atoms with Crippen molar-refractivity contribution < 1.29 is 22.7 Å². The van der Waals surface area contributed by atoms with Crippen LogP contribution in [0.25, 0.3) is 5.32 Å². The van der Waals surface area contributed by atoms with Gasteiger partial charge in [-0.05, 0) is 39.0 Å². The number of para-hydroxylation sites is 2. The van der Waals surface area contributed by atoms with Crippen molar-refractivity contribution in [3.8, 4) is 5.75 Å². The fourth-order valence-electron chi connectivity index (χ4n) is 3.13. The van der Waals surface area contributed by atoms with Gasteiger partial charge in [-0.2, -0.15) is 0 Å². The average Bonchev–Trinajstić information content (AvgIpc) is 2.62. The molecule has 1 saturated heterocycles. The molecule has 0 spiro atoms. The molecule has 0 unspecified atom stereocenters. The number of carbonyl (C=O) groups is 1. The smallest absolute Gasteiger partial charge is 0.573 e. The number of ether oxygens (including phenoxy) is 1. The van der Waals surface area contributed by atoms with Crippen molar-refractivity contribution in [3.05, 3.63) is 59.4 Å². The van der Waals surface area contributed by atoms with E-state index >= 15 is 0 Å². The van der Waals surface area contributed by atoms with Crippen molar-refractivity contribution in [2.24, 2.45) is 5.92 Å². The first kappa shape index (κ1) is 19.2. The molecule has 2 aromatic rings. The highest BCUT2D eigenvalue weighted by atomic mass is 19.4. The minimum absolute atomic E-state index is 0.0303. The molecule has 1 aliphatic rings. The zero-order valence-electron chi connectivity index (χ0n) is 14.9. The molecule has 3 rings (SSSR count). The molecule has 0 amide bonds. The minimum Gasteiger partial charge on any atom is -0.655 e. The number of carbonyl (C=O) groups excluding carboxylic acids is 1. The van der Waals surface area contributed by atoms with Crippen LogP contribution in [0.4, 0.5) is 24.5 Å². The topological polar surface area (TPSA) is 43.6 Å². The number of hydrogen-bond donors (Lipinski definition) is 0. The van der Waals surface area contributed by atoms with Crippen molar-refractivity contribution in [3.63, 3.8) is 0 Å². The van der Waals surface area contributed by atoms with Gasteiger partial charge in [-0.25, -0.2) is 0 Å². The van der Waals surface area contributed by atoms with Gasteiger partial charge in [0.15, 0.2) is 5.78 Å². The highest BCUT2D eigenvalue weighted by Crippen LogP contribution is 2.40. The molecule has 0 saturated carbocycles. The summed E-state index contributed by atoms with van der Waals surface area (Å²) >= 11 is 0. The van der Waals surface area contributed by atoms with E-state index in [-0.39, 0.29) is 23.1 Å². The van der Waals surface area contributed by atoms with E-state index in [1.165, 1.54) is 18.2 Å². The Morgan fingerprint density at radius 1 is 1.11 bits per heavy atom. The number of nitrogens with zero attached hydrogens (tertiary/aromatic N) is 2. The van der Waals surface area contributed by atoms with E-state index in [1.807, 2.05) is 7.05 Å². The molecule has 0 bridgehead atoms. The van der Waals surface area contributed by atoms with Gasteiger partial charge in [0.05, 0.1) is 0 Å². The van der Waals surface area contributed by atoms with Crippen molar-refractivity contribution in [2.75, 3.05) is 20.1 Å². The van der Waals surface area contributed by atoms with Gasteiger partial charge >= 0.3 is 6.36 Å². The second-order valence-corrected chi connectivity index (χ2v) is 6.62. The third-order valence-corrected chi connectivity index (χ3v) is 4.56. The molecule has 0 aromatic heterocycles. The van der Waals surface area contributed by atoms with Gasteiger partial charge in [0.2, 0.25) is 0 Å². The summed E-state index contributed by atoms with van der Waals surface area (Å²) in [5, 5.41) is 4.24. The van der Waals surface area contributed by atoms with Crippen molar-refractivity contribution in [2.45, 2.75) is 19.2 Å². The Morgan fingerprint density at radius 3 is 2.52 bits per heavy atom. The van der Waals surface area contributed by atoms with Crippen LogP contribution in [0.3, 0.4) is 0 Å². The number of benzene rings is 2. The lowest BCUT2D eigenvalue weighted by Crippen LogP contribution is -2.33. The van der Waals surface area contributed by atoms with Gasteiger partial charge in [0, 0.05) is 11.5 Å². The van der Waals surface area contributed by atoms with E-state index in [4.69, 9.17) is 0 Å². The predicted octanol–water partition coefficient (Wildman–Crippen LogP) is 5.45. The predicted molar refractivity (Wildman–Crippen MR) is 96.8 cm³/mol. The molecule has 4 nitrogen and oxygen atoms in total. The SMILES string of the molecule is CN1CCC(C(=O)c2cccc([N-]c3ccccc3OC(F)(F)F)c2)CC1. The molecule has 0 aliphatic carbocycles. The lowest BCUT2D eigenvalue weighted by Gasteiger charge is -2.29. The van der Waals surface area contributed by atoms with E-state index in [2.05, 4.69) is 15.0 Å². The van der Waals surface area contributed by atoms with E-state index in [0.717, 1.165) is 25.9 Å². The van der Waals surface area contributed by atoms with Gasteiger partial charge in [0.1, 0.15) is 5.75 Å². The monoisotopic (exact) mass is 377 g/mol. The fourth-order valence-corrected chi connectivity index (χ4v) is 3.13. The Morgan fingerprint density at radius 2 is 1.81 bits per heavy atom. The maximum Gasteiger partial charge on any atom is 0.573 e. The summed E-state index contributed by atoms with van der Waals surface area (Å²) in [5.74, 6) is -0.352. The van der Waals surface area contributed by atoms with Crippen LogP contribution in [-0.2, 0) is 0 Å². The van der Waals surface area contributed by atoms with E-state index in [1.54, 1.807) is 30.3 Å². The number of Topliss-reactive ketones (excluding diaryl/α,β-unsaturated/α-hetero) is 1. The van der Waals surface area contributed by atoms with E-state index in [9.17, 15) is 18.0 Å². The Bertz CT molecular complexity index is 800. The highest BCUT2D eigenvalue weighted by Gasteiger charge is 2.31. The number of rotatable bonds is 5. The van der Waals surface area contributed by atoms with Crippen molar-refractivity contribution in [1.29, 1.82) is 0 Å². The molecule has 0 radical (unpaired) electrons. The van der Waals surface area contributed by atoms with Crippen molar-refractivity contribution in [1.82, 2.24) is 4.90 Å². The van der Waals surface area contributed by atoms with Crippen LogP contribution < -0.4 is 4.74 Å². The normalized spacial score (nSPS) is 16.1. The summed E-state index contributed by atoms with van der Waals surface area (Å²) in [4.78, 5) is 14.9. The van der Waals surface area contributed by atoms with E-state index in [0.29, 0.717) is 11.3 Å². The summed E-state index contributed by atoms with van der Waals surface area (Å²) in [6.07, 6.45) is -3.19. The van der Waals surface area contributed by atoms with Crippen LogP contribution in [0.2, 0.25) is 0 Å². The first-order chi connectivity index (χ1) is 12.8. The highest BCUT2D eigenvalue weighted by molar-refractivity contribution is 5.99. The van der Waals surface area contributed by atoms with Crippen LogP contribution in [0.1, 0.15) is 23.2 Å². The Balaban J connectivity index is 1.76. The second kappa shape index (κ2) is 8.00. The number of alkyl halides is 3. The molecular weight excluding hydrogens is 357 g/mol. The summed E-state index contributed by atoms with van der Waals surface area (Å²) in [7, 11) is 2.03. The lowest BCUT2D eigenvalue weighted by atomic mass is 9.89. The van der Waals surface area contributed by atoms with Crippen LogP contribution in [0.5, 0.6) is 5.75 Å². The summed E-state index contributed by atoms with van der Waals surface area (Å²) < 4.78 is 41.7.